The van der Waals surface area contributed by atoms with Crippen molar-refractivity contribution in [2.45, 2.75) is 34.6 Å². The van der Waals surface area contributed by atoms with Crippen molar-refractivity contribution in [2.24, 2.45) is 0 Å². The van der Waals surface area contributed by atoms with Gasteiger partial charge in [0.1, 0.15) is 4.64 Å². The van der Waals surface area contributed by atoms with Gasteiger partial charge in [0.05, 0.1) is 0 Å². The number of hydrogen-bond donors (Lipinski definition) is 1. The van der Waals surface area contributed by atoms with Gasteiger partial charge in [-0.1, -0.05) is 26.1 Å². The van der Waals surface area contributed by atoms with Crippen LogP contribution in [0.15, 0.2) is 36.7 Å². The zero-order chi connectivity index (χ0) is 14.0. The number of hydrogen-bond acceptors (Lipinski definition) is 2. The number of aryl methyl sites for hydroxylation is 3. The zero-order valence-electron chi connectivity index (χ0n) is 11.8. The van der Waals surface area contributed by atoms with E-state index in [4.69, 9.17) is 12.2 Å². The van der Waals surface area contributed by atoms with Gasteiger partial charge in [-0.05, 0) is 56.2 Å². The average molecular weight is 262 g/mol. The number of aromatic amines is 1. The third-order valence-electron chi connectivity index (χ3n) is 1.97. The van der Waals surface area contributed by atoms with E-state index < -0.39 is 0 Å². The highest BCUT2D eigenvalue weighted by Gasteiger charge is 1.84. The summed E-state index contributed by atoms with van der Waals surface area (Å²) in [7, 11) is 0. The lowest BCUT2D eigenvalue weighted by Crippen LogP contribution is -1.81. The lowest BCUT2D eigenvalue weighted by Gasteiger charge is -1.93. The lowest BCUT2D eigenvalue weighted by molar-refractivity contribution is 1.16. The predicted octanol–water partition coefficient (Wildman–Crippen LogP) is 4.78. The van der Waals surface area contributed by atoms with Gasteiger partial charge in [0.2, 0.25) is 0 Å². The van der Waals surface area contributed by atoms with Crippen molar-refractivity contribution in [2.75, 3.05) is 0 Å². The first kappa shape index (κ1) is 16.5. The van der Waals surface area contributed by atoms with Gasteiger partial charge in [-0.25, -0.2) is 0 Å². The highest BCUT2D eigenvalue weighted by molar-refractivity contribution is 7.71. The molecule has 0 radical (unpaired) electrons. The first-order valence-corrected chi connectivity index (χ1v) is 6.53. The molecule has 0 saturated heterocycles. The molecule has 2 rings (SSSR count). The van der Waals surface area contributed by atoms with Gasteiger partial charge < -0.3 is 4.98 Å². The minimum absolute atomic E-state index is 0.813. The molecule has 2 aromatic heterocycles. The van der Waals surface area contributed by atoms with E-state index >= 15 is 0 Å². The molecule has 0 aliphatic rings. The number of rotatable bonds is 0. The Balaban J connectivity index is 0.000000289. The molecule has 1 N–H and O–H groups in total. The van der Waals surface area contributed by atoms with Gasteiger partial charge >= 0.3 is 0 Å². The maximum Gasteiger partial charge on any atom is 0.103 e. The van der Waals surface area contributed by atoms with E-state index in [1.54, 1.807) is 12.4 Å². The van der Waals surface area contributed by atoms with Gasteiger partial charge in [-0.3, -0.25) is 4.98 Å². The fourth-order valence-electron chi connectivity index (χ4n) is 1.28. The molecule has 0 aliphatic carbocycles. The van der Waals surface area contributed by atoms with Crippen LogP contribution in [-0.2, 0) is 0 Å². The Morgan fingerprint density at radius 1 is 0.944 bits per heavy atom. The van der Waals surface area contributed by atoms with Crippen LogP contribution >= 0.6 is 12.2 Å². The van der Waals surface area contributed by atoms with Gasteiger partial charge in [0, 0.05) is 18.1 Å². The molecule has 0 fully saturated rings. The average Bonchev–Trinajstić information content (AvgIpc) is 2.31. The van der Waals surface area contributed by atoms with E-state index in [-0.39, 0.29) is 0 Å². The van der Waals surface area contributed by atoms with Gasteiger partial charge in [0.15, 0.2) is 0 Å². The van der Waals surface area contributed by atoms with Crippen molar-refractivity contribution in [3.63, 3.8) is 0 Å². The summed E-state index contributed by atoms with van der Waals surface area (Å²) in [5, 5.41) is 0. The molecule has 2 heterocycles. The number of pyridine rings is 2. The second-order valence-electron chi connectivity index (χ2n) is 3.73. The molecule has 0 saturated carbocycles. The smallest absolute Gasteiger partial charge is 0.103 e. The van der Waals surface area contributed by atoms with E-state index in [1.165, 1.54) is 11.1 Å². The number of H-pyrrole nitrogens is 1. The molecule has 2 nitrogen and oxygen atoms in total. The molecule has 18 heavy (non-hydrogen) atoms. The van der Waals surface area contributed by atoms with Crippen molar-refractivity contribution in [3.05, 3.63) is 58.1 Å². The summed E-state index contributed by atoms with van der Waals surface area (Å²) in [5.41, 5.74) is 3.60. The second kappa shape index (κ2) is 9.54. The molecular weight excluding hydrogens is 240 g/mol. The van der Waals surface area contributed by atoms with Crippen LogP contribution in [-0.4, -0.2) is 9.97 Å². The summed E-state index contributed by atoms with van der Waals surface area (Å²) in [4.78, 5) is 6.87. The zero-order valence-corrected chi connectivity index (χ0v) is 12.6. The maximum atomic E-state index is 4.93. The largest absolute Gasteiger partial charge is 0.350 e. The standard InChI is InChI=1S/C7H9NS.C6H7N.C2H6/c1-5-3-6(2)8-7(9)4-5;1-6-2-4-7-5-3-6;1-2/h3-4H,1-2H3,(H,8,9);2-5H,1H3;1-2H3. The van der Waals surface area contributed by atoms with E-state index in [0.29, 0.717) is 0 Å². The third-order valence-corrected chi connectivity index (χ3v) is 2.19. The quantitative estimate of drug-likeness (QED) is 0.692. The van der Waals surface area contributed by atoms with Gasteiger partial charge in [-0.2, -0.15) is 0 Å². The number of aromatic nitrogens is 2. The van der Waals surface area contributed by atoms with Crippen LogP contribution in [0.3, 0.4) is 0 Å². The summed E-state index contributed by atoms with van der Waals surface area (Å²) in [6.07, 6.45) is 3.57. The molecule has 0 atom stereocenters. The summed E-state index contributed by atoms with van der Waals surface area (Å²) >= 11 is 4.93. The van der Waals surface area contributed by atoms with Crippen LogP contribution in [0.25, 0.3) is 0 Å². The molecule has 2 aromatic rings. The minimum atomic E-state index is 0.813. The highest BCUT2D eigenvalue weighted by Crippen LogP contribution is 1.98. The third kappa shape index (κ3) is 7.74. The molecule has 0 amide bonds. The summed E-state index contributed by atoms with van der Waals surface area (Å²) in [6.45, 7) is 10.1. The molecule has 0 spiro atoms. The van der Waals surface area contributed by atoms with Crippen LogP contribution < -0.4 is 0 Å². The molecule has 0 aromatic carbocycles. The van der Waals surface area contributed by atoms with Gasteiger partial charge in [0.25, 0.3) is 0 Å². The Kier molecular flexibility index (Phi) is 8.76. The van der Waals surface area contributed by atoms with E-state index in [9.17, 15) is 0 Å². The summed E-state index contributed by atoms with van der Waals surface area (Å²) in [6, 6.07) is 7.96. The molecule has 3 heteroatoms. The van der Waals surface area contributed by atoms with Crippen LogP contribution in [0.5, 0.6) is 0 Å². The molecular formula is C15H22N2S. The maximum absolute atomic E-state index is 4.93. The van der Waals surface area contributed by atoms with E-state index in [0.717, 1.165) is 10.3 Å². The van der Waals surface area contributed by atoms with Crippen LogP contribution in [0.1, 0.15) is 30.7 Å². The first-order valence-electron chi connectivity index (χ1n) is 6.12. The molecule has 98 valence electrons. The van der Waals surface area contributed by atoms with Gasteiger partial charge in [-0.15, -0.1) is 0 Å². The predicted molar refractivity (Wildman–Crippen MR) is 81.4 cm³/mol. The first-order chi connectivity index (χ1) is 8.58. The monoisotopic (exact) mass is 262 g/mol. The SMILES string of the molecule is CC.Cc1cc(C)[nH]c(=S)c1.Cc1ccncc1. The van der Waals surface area contributed by atoms with Crippen LogP contribution in [0, 0.1) is 25.4 Å². The summed E-state index contributed by atoms with van der Waals surface area (Å²) < 4.78 is 0.813. The fraction of sp³-hybridized carbons (Fsp3) is 0.333. The van der Waals surface area contributed by atoms with E-state index in [2.05, 4.69) is 16.0 Å². The van der Waals surface area contributed by atoms with Crippen LogP contribution in [0.2, 0.25) is 0 Å². The topological polar surface area (TPSA) is 28.7 Å². The lowest BCUT2D eigenvalue weighted by atomic mass is 10.3. The van der Waals surface area contributed by atoms with Crippen LogP contribution in [0.4, 0.5) is 0 Å². The van der Waals surface area contributed by atoms with Crippen molar-refractivity contribution in [1.29, 1.82) is 0 Å². The number of nitrogens with one attached hydrogen (secondary N) is 1. The highest BCUT2D eigenvalue weighted by atomic mass is 32.1. The molecule has 0 aliphatic heterocycles. The Morgan fingerprint density at radius 3 is 1.83 bits per heavy atom. The minimum Gasteiger partial charge on any atom is -0.350 e. The Labute approximate surface area is 115 Å². The second-order valence-corrected chi connectivity index (χ2v) is 4.17. The van der Waals surface area contributed by atoms with Crippen molar-refractivity contribution < 1.29 is 0 Å². The normalized spacial score (nSPS) is 8.50. The summed E-state index contributed by atoms with van der Waals surface area (Å²) in [5.74, 6) is 0. The molecule has 0 unspecified atom stereocenters. The Hall–Kier alpha value is -1.48. The Bertz CT molecular complexity index is 466. The van der Waals surface area contributed by atoms with Crippen molar-refractivity contribution in [1.82, 2.24) is 9.97 Å². The number of nitrogens with zero attached hydrogens (tertiary/aromatic N) is 1. The van der Waals surface area contributed by atoms with E-state index in [1.807, 2.05) is 52.8 Å². The fourth-order valence-corrected chi connectivity index (χ4v) is 1.63. The molecule has 0 bridgehead atoms. The Morgan fingerprint density at radius 2 is 1.50 bits per heavy atom. The van der Waals surface area contributed by atoms with Crippen molar-refractivity contribution in [3.8, 4) is 0 Å². The van der Waals surface area contributed by atoms with Crippen molar-refractivity contribution >= 4 is 12.2 Å².